The molecule has 25 heavy (non-hydrogen) atoms. The van der Waals surface area contributed by atoms with Crippen LogP contribution in [0.5, 0.6) is 0 Å². The summed E-state index contributed by atoms with van der Waals surface area (Å²) in [6, 6.07) is 0.482. The highest BCUT2D eigenvalue weighted by molar-refractivity contribution is 7.09. The van der Waals surface area contributed by atoms with Gasteiger partial charge in [-0.15, -0.1) is 11.3 Å². The number of carbonyl (C=O) groups excluding carboxylic acids is 1. The summed E-state index contributed by atoms with van der Waals surface area (Å²) in [7, 11) is 0. The fourth-order valence-corrected chi connectivity index (χ4v) is 4.46. The first kappa shape index (κ1) is 18.6. The largest absolute Gasteiger partial charge is 0.379 e. The van der Waals surface area contributed by atoms with E-state index in [0.29, 0.717) is 12.6 Å². The first-order valence-electron chi connectivity index (χ1n) is 9.47. The van der Waals surface area contributed by atoms with Crippen LogP contribution in [0.3, 0.4) is 0 Å². The van der Waals surface area contributed by atoms with E-state index < -0.39 is 0 Å². The number of likely N-dealkylation sites (tertiary alicyclic amines) is 1. The quantitative estimate of drug-likeness (QED) is 0.839. The molecule has 0 radical (unpaired) electrons. The molecular formula is C18H30N4O2S. The zero-order valence-corrected chi connectivity index (χ0v) is 16.0. The molecule has 7 heteroatoms. The number of carbonyl (C=O) groups is 1. The lowest BCUT2D eigenvalue weighted by Gasteiger charge is -2.37. The Bertz CT molecular complexity index is 545. The van der Waals surface area contributed by atoms with Crippen molar-refractivity contribution in [3.8, 4) is 0 Å². The van der Waals surface area contributed by atoms with Crippen molar-refractivity contribution in [3.63, 3.8) is 0 Å². The van der Waals surface area contributed by atoms with Crippen molar-refractivity contribution in [1.29, 1.82) is 0 Å². The second-order valence-electron chi connectivity index (χ2n) is 6.93. The molecule has 3 rings (SSSR count). The second kappa shape index (κ2) is 9.50. The van der Waals surface area contributed by atoms with Gasteiger partial charge in [0.25, 0.3) is 0 Å². The summed E-state index contributed by atoms with van der Waals surface area (Å²) in [6.45, 7) is 8.39. The van der Waals surface area contributed by atoms with E-state index in [1.54, 1.807) is 11.3 Å². The minimum Gasteiger partial charge on any atom is -0.379 e. The van der Waals surface area contributed by atoms with Crippen LogP contribution in [0.4, 0.5) is 4.79 Å². The van der Waals surface area contributed by atoms with Gasteiger partial charge in [0.2, 0.25) is 0 Å². The van der Waals surface area contributed by atoms with Crippen LogP contribution in [0.25, 0.3) is 0 Å². The zero-order valence-electron chi connectivity index (χ0n) is 15.2. The van der Waals surface area contributed by atoms with Crippen LogP contribution in [-0.4, -0.2) is 72.8 Å². The molecule has 0 spiro atoms. The van der Waals surface area contributed by atoms with Gasteiger partial charge in [0.05, 0.1) is 24.4 Å². The molecule has 2 aliphatic heterocycles. The summed E-state index contributed by atoms with van der Waals surface area (Å²) in [4.78, 5) is 22.7. The molecule has 3 heterocycles. The van der Waals surface area contributed by atoms with Crippen molar-refractivity contribution >= 4 is 17.4 Å². The number of amides is 2. The first-order valence-corrected chi connectivity index (χ1v) is 10.4. The van der Waals surface area contributed by atoms with Gasteiger partial charge in [0.1, 0.15) is 0 Å². The Kier molecular flexibility index (Phi) is 7.07. The number of hydrogen-bond acceptors (Lipinski definition) is 5. The van der Waals surface area contributed by atoms with E-state index in [4.69, 9.17) is 4.74 Å². The number of aryl methyl sites for hydroxylation is 1. The van der Waals surface area contributed by atoms with E-state index in [1.807, 2.05) is 12.4 Å². The number of thiazole rings is 1. The number of aromatic nitrogens is 1. The third-order valence-electron chi connectivity index (χ3n) is 5.24. The van der Waals surface area contributed by atoms with Crippen molar-refractivity contribution in [2.45, 2.75) is 45.1 Å². The monoisotopic (exact) mass is 366 g/mol. The third kappa shape index (κ3) is 5.39. The van der Waals surface area contributed by atoms with Crippen LogP contribution in [0, 0.1) is 6.92 Å². The maximum atomic E-state index is 12.6. The lowest BCUT2D eigenvalue weighted by molar-refractivity contribution is 0.0326. The van der Waals surface area contributed by atoms with E-state index in [0.717, 1.165) is 70.8 Å². The minimum atomic E-state index is 0.105. The number of morpholine rings is 1. The summed E-state index contributed by atoms with van der Waals surface area (Å²) in [6.07, 6.45) is 5.43. The fraction of sp³-hybridized carbons (Fsp3) is 0.778. The minimum absolute atomic E-state index is 0.105. The third-order valence-corrected chi connectivity index (χ3v) is 6.24. The summed E-state index contributed by atoms with van der Waals surface area (Å²) >= 11 is 1.67. The standard InChI is InChI=1S/C18H30N4O2S/c1-15-17(25-14-20-15)5-7-19-18(23)22-8-3-2-4-16(22)6-9-21-10-12-24-13-11-21/h14,16H,2-13H2,1H3,(H,19,23)/t16-/m0/s1. The van der Waals surface area contributed by atoms with Crippen LogP contribution in [-0.2, 0) is 11.2 Å². The fourth-order valence-electron chi connectivity index (χ4n) is 3.68. The van der Waals surface area contributed by atoms with Gasteiger partial charge in [-0.1, -0.05) is 0 Å². The van der Waals surface area contributed by atoms with Gasteiger partial charge in [0.15, 0.2) is 0 Å². The van der Waals surface area contributed by atoms with Gasteiger partial charge in [0, 0.05) is 50.1 Å². The number of nitrogens with one attached hydrogen (secondary N) is 1. The summed E-state index contributed by atoms with van der Waals surface area (Å²) in [5.41, 5.74) is 2.96. The molecule has 1 atom stereocenters. The first-order chi connectivity index (χ1) is 12.2. The molecule has 2 saturated heterocycles. The van der Waals surface area contributed by atoms with Crippen LogP contribution >= 0.6 is 11.3 Å². The van der Waals surface area contributed by atoms with Gasteiger partial charge < -0.3 is 15.0 Å². The normalized spacial score (nSPS) is 22.1. The molecule has 1 aromatic rings. The highest BCUT2D eigenvalue weighted by Crippen LogP contribution is 2.20. The zero-order chi connectivity index (χ0) is 17.5. The van der Waals surface area contributed by atoms with Crippen LogP contribution < -0.4 is 5.32 Å². The summed E-state index contributed by atoms with van der Waals surface area (Å²) in [5.74, 6) is 0. The van der Waals surface area contributed by atoms with Crippen LogP contribution in [0.15, 0.2) is 5.51 Å². The molecule has 1 aromatic heterocycles. The Balaban J connectivity index is 1.44. The van der Waals surface area contributed by atoms with Gasteiger partial charge in [-0.3, -0.25) is 4.90 Å². The van der Waals surface area contributed by atoms with Gasteiger partial charge in [-0.2, -0.15) is 0 Å². The lowest BCUT2D eigenvalue weighted by atomic mass is 9.99. The average molecular weight is 367 g/mol. The Morgan fingerprint density at radius 2 is 2.20 bits per heavy atom. The maximum absolute atomic E-state index is 12.6. The van der Waals surface area contributed by atoms with Crippen molar-refractivity contribution < 1.29 is 9.53 Å². The summed E-state index contributed by atoms with van der Waals surface area (Å²) < 4.78 is 5.41. The van der Waals surface area contributed by atoms with Crippen LogP contribution in [0.2, 0.25) is 0 Å². The lowest BCUT2D eigenvalue weighted by Crippen LogP contribution is -2.50. The van der Waals surface area contributed by atoms with Gasteiger partial charge in [-0.25, -0.2) is 9.78 Å². The van der Waals surface area contributed by atoms with Gasteiger partial charge >= 0.3 is 6.03 Å². The molecule has 0 unspecified atom stereocenters. The highest BCUT2D eigenvalue weighted by Gasteiger charge is 2.27. The molecule has 2 aliphatic rings. The maximum Gasteiger partial charge on any atom is 0.317 e. The van der Waals surface area contributed by atoms with E-state index in [9.17, 15) is 4.79 Å². The van der Waals surface area contributed by atoms with E-state index in [2.05, 4.69) is 20.1 Å². The molecule has 0 bridgehead atoms. The molecule has 2 amide bonds. The SMILES string of the molecule is Cc1ncsc1CCNC(=O)N1CCCC[C@H]1CCN1CCOCC1. The predicted molar refractivity (Wildman–Crippen MR) is 100 cm³/mol. The van der Waals surface area contributed by atoms with Crippen molar-refractivity contribution in [3.05, 3.63) is 16.1 Å². The smallest absolute Gasteiger partial charge is 0.317 e. The molecule has 1 N–H and O–H groups in total. The number of hydrogen-bond donors (Lipinski definition) is 1. The van der Waals surface area contributed by atoms with Crippen LogP contribution in [0.1, 0.15) is 36.3 Å². The topological polar surface area (TPSA) is 57.7 Å². The van der Waals surface area contributed by atoms with Crippen molar-refractivity contribution in [1.82, 2.24) is 20.1 Å². The van der Waals surface area contributed by atoms with Crippen molar-refractivity contribution in [2.75, 3.05) is 45.9 Å². The van der Waals surface area contributed by atoms with E-state index in [-0.39, 0.29) is 6.03 Å². The molecule has 0 aromatic carbocycles. The van der Waals surface area contributed by atoms with Crippen molar-refractivity contribution in [2.24, 2.45) is 0 Å². The Hall–Kier alpha value is -1.18. The van der Waals surface area contributed by atoms with E-state index in [1.165, 1.54) is 11.3 Å². The molecule has 140 valence electrons. The number of piperidine rings is 1. The number of ether oxygens (including phenoxy) is 1. The highest BCUT2D eigenvalue weighted by atomic mass is 32.1. The Morgan fingerprint density at radius 3 is 2.96 bits per heavy atom. The number of urea groups is 1. The molecule has 2 fully saturated rings. The Labute approximate surface area is 154 Å². The average Bonchev–Trinajstić information content (AvgIpc) is 3.06. The molecule has 0 saturated carbocycles. The molecular weight excluding hydrogens is 336 g/mol. The number of nitrogens with zero attached hydrogens (tertiary/aromatic N) is 3. The summed E-state index contributed by atoms with van der Waals surface area (Å²) in [5, 5.41) is 3.12. The van der Waals surface area contributed by atoms with E-state index >= 15 is 0 Å². The molecule has 0 aliphatic carbocycles. The predicted octanol–water partition coefficient (Wildman–Crippen LogP) is 2.28. The second-order valence-corrected chi connectivity index (χ2v) is 7.87. The Morgan fingerprint density at radius 1 is 1.36 bits per heavy atom. The molecule has 6 nitrogen and oxygen atoms in total. The van der Waals surface area contributed by atoms with Gasteiger partial charge in [-0.05, 0) is 32.6 Å². The number of rotatable bonds is 6.